The van der Waals surface area contributed by atoms with Crippen LogP contribution in [0.15, 0.2) is 29.3 Å². The van der Waals surface area contributed by atoms with Crippen LogP contribution < -0.4 is 10.1 Å². The summed E-state index contributed by atoms with van der Waals surface area (Å²) >= 11 is 2.04. The maximum absolute atomic E-state index is 5.69. The number of benzene rings is 1. The first-order valence-corrected chi connectivity index (χ1v) is 9.34. The summed E-state index contributed by atoms with van der Waals surface area (Å²) in [6.07, 6.45) is 0.932. The summed E-state index contributed by atoms with van der Waals surface area (Å²) in [6.45, 7) is 10.3. The van der Waals surface area contributed by atoms with Gasteiger partial charge < -0.3 is 15.0 Å². The highest BCUT2D eigenvalue weighted by Gasteiger charge is 2.28. The number of aliphatic imine (C=N–C) groups is 1. The molecule has 0 aliphatic carbocycles. The molecule has 1 aromatic carbocycles. The van der Waals surface area contributed by atoms with Crippen LogP contribution in [-0.2, 0) is 6.42 Å². The lowest BCUT2D eigenvalue weighted by Crippen LogP contribution is -2.51. The lowest BCUT2D eigenvalue weighted by Gasteiger charge is -2.39. The molecule has 0 atom stereocenters. The van der Waals surface area contributed by atoms with Gasteiger partial charge in [0.25, 0.3) is 0 Å². The Hall–Kier alpha value is -0.630. The third-order valence-electron chi connectivity index (χ3n) is 3.89. The summed E-state index contributed by atoms with van der Waals surface area (Å²) in [5, 5.41) is 3.51. The maximum Gasteiger partial charge on any atom is 0.193 e. The fraction of sp³-hybridized carbons (Fsp3) is 0.611. The van der Waals surface area contributed by atoms with Crippen molar-refractivity contribution < 1.29 is 4.74 Å². The number of guanidine groups is 1. The standard InChI is InChI=1S/C18H29N3OS.HI/c1-5-22-16-9-7-6-8-15(16)10-11-20-17(19-4)21-12-13-23-18(2,3)14-21;/h6-9H,5,10-14H2,1-4H3,(H,19,20);1H. The van der Waals surface area contributed by atoms with Gasteiger partial charge in [0.15, 0.2) is 5.96 Å². The average Bonchev–Trinajstić information content (AvgIpc) is 2.52. The lowest BCUT2D eigenvalue weighted by molar-refractivity contribution is 0.336. The highest BCUT2D eigenvalue weighted by molar-refractivity contribution is 14.0. The molecule has 0 aromatic heterocycles. The number of thioether (sulfide) groups is 1. The van der Waals surface area contributed by atoms with Crippen LogP contribution >= 0.6 is 35.7 Å². The van der Waals surface area contributed by atoms with Crippen LogP contribution in [0.3, 0.4) is 0 Å². The molecule has 1 aliphatic heterocycles. The molecular formula is C18H30IN3OS. The Labute approximate surface area is 167 Å². The molecule has 1 aromatic rings. The molecule has 0 saturated carbocycles. The molecule has 1 fully saturated rings. The van der Waals surface area contributed by atoms with E-state index < -0.39 is 0 Å². The van der Waals surface area contributed by atoms with Crippen molar-refractivity contribution in [1.29, 1.82) is 0 Å². The van der Waals surface area contributed by atoms with E-state index in [4.69, 9.17) is 4.74 Å². The molecule has 1 heterocycles. The number of halogens is 1. The molecule has 6 heteroatoms. The molecular weight excluding hydrogens is 433 g/mol. The summed E-state index contributed by atoms with van der Waals surface area (Å²) in [5.41, 5.74) is 1.24. The number of ether oxygens (including phenoxy) is 1. The van der Waals surface area contributed by atoms with E-state index in [2.05, 4.69) is 41.2 Å². The van der Waals surface area contributed by atoms with Crippen LogP contribution in [0.4, 0.5) is 0 Å². The first-order valence-electron chi connectivity index (χ1n) is 8.36. The number of rotatable bonds is 5. The van der Waals surface area contributed by atoms with Gasteiger partial charge in [-0.2, -0.15) is 11.8 Å². The maximum atomic E-state index is 5.69. The second kappa shape index (κ2) is 10.4. The molecule has 24 heavy (non-hydrogen) atoms. The van der Waals surface area contributed by atoms with Crippen LogP contribution in [-0.4, -0.2) is 54.6 Å². The lowest BCUT2D eigenvalue weighted by atomic mass is 10.1. The SMILES string of the molecule is CCOc1ccccc1CCNC(=NC)N1CCSC(C)(C)C1.I. The topological polar surface area (TPSA) is 36.9 Å². The zero-order valence-corrected chi connectivity index (χ0v) is 18.3. The Morgan fingerprint density at radius 3 is 2.79 bits per heavy atom. The van der Waals surface area contributed by atoms with E-state index in [0.717, 1.165) is 43.5 Å². The van der Waals surface area contributed by atoms with Gasteiger partial charge in [-0.1, -0.05) is 18.2 Å². The fourth-order valence-corrected chi connectivity index (χ4v) is 3.96. The van der Waals surface area contributed by atoms with E-state index in [0.29, 0.717) is 6.61 Å². The Kier molecular flexibility index (Phi) is 9.26. The van der Waals surface area contributed by atoms with Crippen molar-refractivity contribution in [3.05, 3.63) is 29.8 Å². The van der Waals surface area contributed by atoms with E-state index in [-0.39, 0.29) is 28.7 Å². The zero-order valence-electron chi connectivity index (χ0n) is 15.2. The van der Waals surface area contributed by atoms with Gasteiger partial charge in [0.1, 0.15) is 5.75 Å². The smallest absolute Gasteiger partial charge is 0.193 e. The quantitative estimate of drug-likeness (QED) is 0.411. The Morgan fingerprint density at radius 2 is 2.12 bits per heavy atom. The third-order valence-corrected chi connectivity index (χ3v) is 5.18. The molecule has 1 N–H and O–H groups in total. The molecule has 1 aliphatic rings. The predicted molar refractivity (Wildman–Crippen MR) is 116 cm³/mol. The van der Waals surface area contributed by atoms with Gasteiger partial charge in [-0.15, -0.1) is 24.0 Å². The van der Waals surface area contributed by atoms with E-state index in [1.807, 2.05) is 37.9 Å². The van der Waals surface area contributed by atoms with Crippen LogP contribution in [0, 0.1) is 0 Å². The Morgan fingerprint density at radius 1 is 1.38 bits per heavy atom. The number of nitrogens with zero attached hydrogens (tertiary/aromatic N) is 2. The highest BCUT2D eigenvalue weighted by atomic mass is 127. The van der Waals surface area contributed by atoms with Crippen LogP contribution in [0.25, 0.3) is 0 Å². The molecule has 4 nitrogen and oxygen atoms in total. The molecule has 136 valence electrons. The average molecular weight is 463 g/mol. The first-order chi connectivity index (χ1) is 11.1. The van der Waals surface area contributed by atoms with Crippen molar-refractivity contribution in [1.82, 2.24) is 10.2 Å². The normalized spacial score (nSPS) is 17.2. The van der Waals surface area contributed by atoms with E-state index in [9.17, 15) is 0 Å². The minimum absolute atomic E-state index is 0. The van der Waals surface area contributed by atoms with Gasteiger partial charge in [0.2, 0.25) is 0 Å². The largest absolute Gasteiger partial charge is 0.494 e. The second-order valence-corrected chi connectivity index (χ2v) is 8.10. The molecule has 0 amide bonds. The number of hydrogen-bond donors (Lipinski definition) is 1. The molecule has 1 saturated heterocycles. The third kappa shape index (κ3) is 6.35. The number of para-hydroxylation sites is 1. The van der Waals surface area contributed by atoms with Crippen LogP contribution in [0.1, 0.15) is 26.3 Å². The molecule has 0 spiro atoms. The monoisotopic (exact) mass is 463 g/mol. The minimum Gasteiger partial charge on any atom is -0.494 e. The van der Waals surface area contributed by atoms with E-state index in [1.165, 1.54) is 5.56 Å². The minimum atomic E-state index is 0. The summed E-state index contributed by atoms with van der Waals surface area (Å²) < 4.78 is 5.98. The van der Waals surface area contributed by atoms with Gasteiger partial charge in [-0.25, -0.2) is 0 Å². The first kappa shape index (κ1) is 21.4. The van der Waals surface area contributed by atoms with E-state index >= 15 is 0 Å². The second-order valence-electron chi connectivity index (χ2n) is 6.29. The highest BCUT2D eigenvalue weighted by Crippen LogP contribution is 2.29. The number of hydrogen-bond acceptors (Lipinski definition) is 3. The van der Waals surface area contributed by atoms with Crippen molar-refractivity contribution in [2.75, 3.05) is 39.0 Å². The van der Waals surface area contributed by atoms with Crippen molar-refractivity contribution >= 4 is 41.7 Å². The molecule has 0 radical (unpaired) electrons. The van der Waals surface area contributed by atoms with E-state index in [1.54, 1.807) is 0 Å². The van der Waals surface area contributed by atoms with Crippen molar-refractivity contribution in [2.24, 2.45) is 4.99 Å². The van der Waals surface area contributed by atoms with Crippen LogP contribution in [0.5, 0.6) is 5.75 Å². The zero-order chi connectivity index (χ0) is 16.7. The summed E-state index contributed by atoms with van der Waals surface area (Å²) in [7, 11) is 1.87. The van der Waals surface area contributed by atoms with Gasteiger partial charge in [0.05, 0.1) is 6.61 Å². The molecule has 0 unspecified atom stereocenters. The van der Waals surface area contributed by atoms with Gasteiger partial charge in [-0.3, -0.25) is 4.99 Å². The van der Waals surface area contributed by atoms with Crippen molar-refractivity contribution in [3.63, 3.8) is 0 Å². The van der Waals surface area contributed by atoms with Crippen molar-refractivity contribution in [3.8, 4) is 5.75 Å². The molecule has 0 bridgehead atoms. The fourth-order valence-electron chi connectivity index (χ4n) is 2.85. The Bertz CT molecular complexity index is 537. The van der Waals surface area contributed by atoms with Gasteiger partial charge in [0, 0.05) is 37.2 Å². The molecule has 2 rings (SSSR count). The van der Waals surface area contributed by atoms with Gasteiger partial charge >= 0.3 is 0 Å². The summed E-state index contributed by atoms with van der Waals surface area (Å²) in [5.74, 6) is 3.15. The summed E-state index contributed by atoms with van der Waals surface area (Å²) in [6, 6.07) is 8.26. The summed E-state index contributed by atoms with van der Waals surface area (Å²) in [4.78, 5) is 6.82. The predicted octanol–water partition coefficient (Wildman–Crippen LogP) is 3.65. The van der Waals surface area contributed by atoms with Crippen LogP contribution in [0.2, 0.25) is 0 Å². The van der Waals surface area contributed by atoms with Gasteiger partial charge in [-0.05, 0) is 38.8 Å². The Balaban J connectivity index is 0.00000288. The van der Waals surface area contributed by atoms with Crippen molar-refractivity contribution in [2.45, 2.75) is 31.9 Å². The number of nitrogens with one attached hydrogen (secondary N) is 1.